The lowest BCUT2D eigenvalue weighted by Gasteiger charge is -2.09. The average Bonchev–Trinajstić information content (AvgIpc) is 2.41. The van der Waals surface area contributed by atoms with E-state index in [1.165, 1.54) is 24.5 Å². The second-order valence-corrected chi connectivity index (χ2v) is 3.78. The first-order valence-corrected chi connectivity index (χ1v) is 5.41. The molecule has 2 aromatic rings. The molecule has 0 fully saturated rings. The Bertz CT molecular complexity index is 636. The molecule has 2 rings (SSSR count). The first kappa shape index (κ1) is 13.0. The first-order chi connectivity index (χ1) is 9.11. The van der Waals surface area contributed by atoms with Gasteiger partial charge in [0, 0.05) is 12.4 Å². The zero-order chi connectivity index (χ0) is 13.8. The van der Waals surface area contributed by atoms with Crippen LogP contribution in [0.1, 0.15) is 5.69 Å². The molecule has 0 radical (unpaired) electrons. The van der Waals surface area contributed by atoms with E-state index in [1.807, 2.05) is 0 Å². The summed E-state index contributed by atoms with van der Waals surface area (Å²) >= 11 is 5.82. The summed E-state index contributed by atoms with van der Waals surface area (Å²) in [5, 5.41) is 11.5. The quantitative estimate of drug-likeness (QED) is 0.389. The highest BCUT2D eigenvalue weighted by Gasteiger charge is 2.14. The summed E-state index contributed by atoms with van der Waals surface area (Å²) < 4.78 is 18.3. The number of hydrogen-bond acceptors (Lipinski definition) is 5. The van der Waals surface area contributed by atoms with E-state index >= 15 is 0 Å². The predicted octanol–water partition coefficient (Wildman–Crippen LogP) is 2.16. The van der Waals surface area contributed by atoms with Gasteiger partial charge in [-0.05, 0) is 18.2 Å². The minimum absolute atomic E-state index is 0.00805. The molecule has 6 nitrogen and oxygen atoms in total. The number of nitrogens with zero attached hydrogens (tertiary/aromatic N) is 3. The molecule has 0 saturated carbocycles. The third-order valence-electron chi connectivity index (χ3n) is 2.12. The monoisotopic (exact) mass is 282 g/mol. The Morgan fingerprint density at radius 2 is 2.11 bits per heavy atom. The van der Waals surface area contributed by atoms with Crippen molar-refractivity contribution in [2.75, 3.05) is 0 Å². The molecular weight excluding hydrogens is 275 g/mol. The summed E-state index contributed by atoms with van der Waals surface area (Å²) in [5.41, 5.74) is 5.48. The molecule has 98 valence electrons. The molecule has 0 atom stereocenters. The van der Waals surface area contributed by atoms with Crippen LogP contribution in [-0.2, 0) is 0 Å². The van der Waals surface area contributed by atoms with E-state index in [9.17, 15) is 4.39 Å². The maximum absolute atomic E-state index is 12.9. The van der Waals surface area contributed by atoms with Gasteiger partial charge < -0.3 is 15.7 Å². The largest absolute Gasteiger partial charge is 0.435 e. The molecule has 1 heterocycles. The van der Waals surface area contributed by atoms with Gasteiger partial charge in [-0.2, -0.15) is 0 Å². The minimum Gasteiger partial charge on any atom is -0.435 e. The average molecular weight is 283 g/mol. The normalized spacial score (nSPS) is 11.4. The zero-order valence-electron chi connectivity index (χ0n) is 9.42. The smallest absolute Gasteiger partial charge is 0.249 e. The van der Waals surface area contributed by atoms with E-state index < -0.39 is 5.82 Å². The molecule has 0 aliphatic carbocycles. The Balaban J connectivity index is 2.38. The van der Waals surface area contributed by atoms with Crippen LogP contribution in [0.3, 0.4) is 0 Å². The molecule has 0 saturated heterocycles. The van der Waals surface area contributed by atoms with Crippen LogP contribution < -0.4 is 10.5 Å². The minimum atomic E-state index is -0.492. The topological polar surface area (TPSA) is 93.6 Å². The number of aromatic nitrogens is 2. The summed E-state index contributed by atoms with van der Waals surface area (Å²) in [7, 11) is 0. The van der Waals surface area contributed by atoms with Gasteiger partial charge >= 0.3 is 0 Å². The van der Waals surface area contributed by atoms with Crippen LogP contribution in [0.4, 0.5) is 4.39 Å². The Morgan fingerprint density at radius 3 is 2.79 bits per heavy atom. The Labute approximate surface area is 112 Å². The van der Waals surface area contributed by atoms with Gasteiger partial charge in [-0.3, -0.25) is 0 Å². The van der Waals surface area contributed by atoms with Crippen molar-refractivity contribution in [3.63, 3.8) is 0 Å². The van der Waals surface area contributed by atoms with Crippen molar-refractivity contribution in [1.29, 1.82) is 0 Å². The summed E-state index contributed by atoms with van der Waals surface area (Å²) in [5.74, 6) is -0.587. The van der Waals surface area contributed by atoms with E-state index in [2.05, 4.69) is 15.1 Å². The van der Waals surface area contributed by atoms with Crippen LogP contribution >= 0.6 is 11.6 Å². The number of oxime groups is 1. The van der Waals surface area contributed by atoms with Crippen molar-refractivity contribution in [2.24, 2.45) is 10.9 Å². The predicted molar refractivity (Wildman–Crippen MR) is 66.0 cm³/mol. The fraction of sp³-hybridized carbons (Fsp3) is 0. The molecule has 0 spiro atoms. The SMILES string of the molecule is NC(=NO)c1nccnc1Oc1ccc(F)cc1Cl. The highest BCUT2D eigenvalue weighted by molar-refractivity contribution is 6.32. The summed E-state index contributed by atoms with van der Waals surface area (Å²) in [4.78, 5) is 7.77. The molecule has 0 amide bonds. The molecule has 0 aliphatic heterocycles. The zero-order valence-corrected chi connectivity index (χ0v) is 10.2. The summed E-state index contributed by atoms with van der Waals surface area (Å²) in [6.45, 7) is 0. The number of benzene rings is 1. The lowest BCUT2D eigenvalue weighted by molar-refractivity contribution is 0.318. The first-order valence-electron chi connectivity index (χ1n) is 5.03. The van der Waals surface area contributed by atoms with Gasteiger partial charge in [0.2, 0.25) is 5.88 Å². The van der Waals surface area contributed by atoms with Crippen molar-refractivity contribution in [3.8, 4) is 11.6 Å². The van der Waals surface area contributed by atoms with E-state index in [-0.39, 0.29) is 28.2 Å². The Kier molecular flexibility index (Phi) is 3.76. The van der Waals surface area contributed by atoms with Gasteiger partial charge in [0.1, 0.15) is 11.6 Å². The van der Waals surface area contributed by atoms with Crippen molar-refractivity contribution in [1.82, 2.24) is 9.97 Å². The highest BCUT2D eigenvalue weighted by Crippen LogP contribution is 2.29. The van der Waals surface area contributed by atoms with Gasteiger partial charge in [-0.25, -0.2) is 14.4 Å². The molecule has 0 bridgehead atoms. The number of hydrogen-bond donors (Lipinski definition) is 2. The maximum Gasteiger partial charge on any atom is 0.249 e. The van der Waals surface area contributed by atoms with Crippen molar-refractivity contribution in [2.45, 2.75) is 0 Å². The van der Waals surface area contributed by atoms with Crippen molar-refractivity contribution < 1.29 is 14.3 Å². The third kappa shape index (κ3) is 2.89. The van der Waals surface area contributed by atoms with Crippen LogP contribution in [0.5, 0.6) is 11.6 Å². The van der Waals surface area contributed by atoms with Gasteiger partial charge in [0.15, 0.2) is 11.5 Å². The highest BCUT2D eigenvalue weighted by atomic mass is 35.5. The molecule has 3 N–H and O–H groups in total. The molecule has 0 aliphatic rings. The fourth-order valence-corrected chi connectivity index (χ4v) is 1.49. The number of amidine groups is 1. The molecule has 0 unspecified atom stereocenters. The van der Waals surface area contributed by atoms with Gasteiger partial charge in [0.05, 0.1) is 5.02 Å². The van der Waals surface area contributed by atoms with Crippen molar-refractivity contribution >= 4 is 17.4 Å². The molecule has 1 aromatic carbocycles. The van der Waals surface area contributed by atoms with Crippen LogP contribution in [0, 0.1) is 5.82 Å². The lowest BCUT2D eigenvalue weighted by Crippen LogP contribution is -2.16. The number of nitrogens with two attached hydrogens (primary N) is 1. The van der Waals surface area contributed by atoms with E-state index in [0.29, 0.717) is 0 Å². The Morgan fingerprint density at radius 1 is 1.37 bits per heavy atom. The van der Waals surface area contributed by atoms with Crippen LogP contribution in [-0.4, -0.2) is 21.0 Å². The van der Waals surface area contributed by atoms with Gasteiger partial charge in [-0.1, -0.05) is 16.8 Å². The fourth-order valence-electron chi connectivity index (χ4n) is 1.29. The van der Waals surface area contributed by atoms with Gasteiger partial charge in [-0.15, -0.1) is 0 Å². The molecule has 1 aromatic heterocycles. The standard InChI is InChI=1S/C11H8ClFN4O2/c12-7-5-6(13)1-2-8(7)19-11-9(10(14)17-18)15-3-4-16-11/h1-5,18H,(H2,14,17). The van der Waals surface area contributed by atoms with Crippen LogP contribution in [0.2, 0.25) is 5.02 Å². The van der Waals surface area contributed by atoms with Crippen LogP contribution in [0.25, 0.3) is 0 Å². The maximum atomic E-state index is 12.9. The second kappa shape index (κ2) is 5.49. The summed E-state index contributed by atoms with van der Waals surface area (Å²) in [6, 6.07) is 3.61. The van der Waals surface area contributed by atoms with E-state index in [1.54, 1.807) is 0 Å². The molecule has 19 heavy (non-hydrogen) atoms. The van der Waals surface area contributed by atoms with Crippen molar-refractivity contribution in [3.05, 3.63) is 47.1 Å². The number of rotatable bonds is 3. The van der Waals surface area contributed by atoms with Crippen LogP contribution in [0.15, 0.2) is 35.7 Å². The number of ether oxygens (including phenoxy) is 1. The van der Waals surface area contributed by atoms with E-state index in [4.69, 9.17) is 27.3 Å². The lowest BCUT2D eigenvalue weighted by atomic mass is 10.3. The van der Waals surface area contributed by atoms with Gasteiger partial charge in [0.25, 0.3) is 0 Å². The Hall–Kier alpha value is -2.41. The third-order valence-corrected chi connectivity index (χ3v) is 2.41. The second-order valence-electron chi connectivity index (χ2n) is 3.37. The molecular formula is C11H8ClFN4O2. The van der Waals surface area contributed by atoms with E-state index in [0.717, 1.165) is 6.07 Å². The summed E-state index contributed by atoms with van der Waals surface area (Å²) in [6.07, 6.45) is 2.72. The molecule has 8 heteroatoms. The number of halogens is 2.